The second-order valence-electron chi connectivity index (χ2n) is 8.58. The zero-order valence-corrected chi connectivity index (χ0v) is 18.7. The van der Waals surface area contributed by atoms with Crippen LogP contribution in [0.3, 0.4) is 0 Å². The lowest BCUT2D eigenvalue weighted by molar-refractivity contribution is -0.169. The van der Waals surface area contributed by atoms with E-state index in [0.29, 0.717) is 26.0 Å². The third-order valence-corrected chi connectivity index (χ3v) is 6.30. The van der Waals surface area contributed by atoms with Crippen molar-refractivity contribution < 1.29 is 27.8 Å². The largest absolute Gasteiger partial charge is 0.491 e. The number of benzene rings is 2. The second-order valence-corrected chi connectivity index (χ2v) is 8.58. The Kier molecular flexibility index (Phi) is 6.93. The molecular formula is C25H28F2N2O4. The lowest BCUT2D eigenvalue weighted by atomic mass is 9.91. The third kappa shape index (κ3) is 5.00. The number of fused-ring (bicyclic) bond motifs is 1. The molecule has 0 saturated carbocycles. The van der Waals surface area contributed by atoms with E-state index in [1.54, 1.807) is 11.9 Å². The molecule has 6 nitrogen and oxygen atoms in total. The average molecular weight is 459 g/mol. The van der Waals surface area contributed by atoms with Crippen LogP contribution in [0, 0.1) is 11.6 Å². The van der Waals surface area contributed by atoms with Crippen LogP contribution in [0.15, 0.2) is 42.5 Å². The highest BCUT2D eigenvalue weighted by Gasteiger charge is 2.46. The molecule has 2 aliphatic rings. The smallest absolute Gasteiger partial charge is 0.257 e. The first-order valence-electron chi connectivity index (χ1n) is 11.2. The van der Waals surface area contributed by atoms with Gasteiger partial charge < -0.3 is 19.3 Å². The minimum Gasteiger partial charge on any atom is -0.491 e. The maximum Gasteiger partial charge on any atom is 0.257 e. The third-order valence-electron chi connectivity index (χ3n) is 6.30. The van der Waals surface area contributed by atoms with Crippen LogP contribution in [-0.2, 0) is 16.0 Å². The summed E-state index contributed by atoms with van der Waals surface area (Å²) in [6.07, 6.45) is 2.74. The van der Waals surface area contributed by atoms with Crippen molar-refractivity contribution in [2.45, 2.75) is 31.3 Å². The normalized spacial score (nSPS) is 22.2. The van der Waals surface area contributed by atoms with Crippen molar-refractivity contribution in [2.75, 3.05) is 39.9 Å². The van der Waals surface area contributed by atoms with Crippen molar-refractivity contribution in [2.24, 2.45) is 0 Å². The zero-order valence-electron chi connectivity index (χ0n) is 18.7. The number of amides is 2. The van der Waals surface area contributed by atoms with Crippen LogP contribution in [0.2, 0.25) is 0 Å². The van der Waals surface area contributed by atoms with Gasteiger partial charge in [0.05, 0.1) is 25.3 Å². The molecule has 2 aromatic carbocycles. The lowest BCUT2D eigenvalue weighted by Crippen LogP contribution is -2.61. The number of aryl methyl sites for hydroxylation is 1. The molecule has 33 heavy (non-hydrogen) atoms. The van der Waals surface area contributed by atoms with Crippen LogP contribution >= 0.6 is 0 Å². The molecule has 0 N–H and O–H groups in total. The molecule has 1 spiro atoms. The molecule has 2 amide bonds. The Balaban J connectivity index is 1.56. The van der Waals surface area contributed by atoms with Gasteiger partial charge in [0.15, 0.2) is 5.60 Å². The number of carbonyl (C=O) groups is 2. The Morgan fingerprint density at radius 1 is 1.06 bits per heavy atom. The summed E-state index contributed by atoms with van der Waals surface area (Å²) in [7, 11) is 1.68. The van der Waals surface area contributed by atoms with Gasteiger partial charge in [-0.05, 0) is 55.5 Å². The van der Waals surface area contributed by atoms with E-state index in [1.165, 1.54) is 4.90 Å². The predicted molar refractivity (Wildman–Crippen MR) is 118 cm³/mol. The Labute approximate surface area is 192 Å². The molecule has 2 aromatic rings. The number of nitrogens with zero attached hydrogens (tertiary/aromatic N) is 2. The van der Waals surface area contributed by atoms with E-state index in [1.807, 2.05) is 24.3 Å². The van der Waals surface area contributed by atoms with Crippen molar-refractivity contribution in [3.63, 3.8) is 0 Å². The molecule has 0 radical (unpaired) electrons. The monoisotopic (exact) mass is 458 g/mol. The molecule has 1 fully saturated rings. The molecule has 4 rings (SSSR count). The molecule has 0 bridgehead atoms. The summed E-state index contributed by atoms with van der Waals surface area (Å²) < 4.78 is 39.9. The summed E-state index contributed by atoms with van der Waals surface area (Å²) in [5, 5.41) is 0. The van der Waals surface area contributed by atoms with E-state index in [0.717, 1.165) is 42.4 Å². The van der Waals surface area contributed by atoms with Crippen LogP contribution in [0.1, 0.15) is 35.2 Å². The first-order chi connectivity index (χ1) is 15.9. The van der Waals surface area contributed by atoms with E-state index >= 15 is 0 Å². The molecule has 1 unspecified atom stereocenters. The van der Waals surface area contributed by atoms with Gasteiger partial charge in [0.25, 0.3) is 11.8 Å². The fourth-order valence-corrected chi connectivity index (χ4v) is 4.50. The van der Waals surface area contributed by atoms with Gasteiger partial charge in [-0.3, -0.25) is 9.59 Å². The lowest BCUT2D eigenvalue weighted by Gasteiger charge is -2.43. The second kappa shape index (κ2) is 9.87. The fourth-order valence-electron chi connectivity index (χ4n) is 4.50. The number of halogens is 2. The van der Waals surface area contributed by atoms with Crippen LogP contribution in [0.5, 0.6) is 5.75 Å². The quantitative estimate of drug-likeness (QED) is 0.657. The van der Waals surface area contributed by atoms with Crippen LogP contribution in [0.25, 0.3) is 0 Å². The molecule has 1 saturated heterocycles. The number of para-hydroxylation sites is 1. The van der Waals surface area contributed by atoms with E-state index in [4.69, 9.17) is 9.47 Å². The first-order valence-corrected chi connectivity index (χ1v) is 11.2. The molecule has 0 aliphatic carbocycles. The van der Waals surface area contributed by atoms with E-state index in [-0.39, 0.29) is 31.2 Å². The topological polar surface area (TPSA) is 59.1 Å². The van der Waals surface area contributed by atoms with Crippen molar-refractivity contribution in [1.82, 2.24) is 9.80 Å². The van der Waals surface area contributed by atoms with Gasteiger partial charge in [0.1, 0.15) is 24.0 Å². The Hall–Kier alpha value is -3.00. The molecular weight excluding hydrogens is 430 g/mol. The van der Waals surface area contributed by atoms with Gasteiger partial charge in [0, 0.05) is 13.6 Å². The molecule has 1 atom stereocenters. The maximum atomic E-state index is 14.2. The molecule has 0 aromatic heterocycles. The van der Waals surface area contributed by atoms with Gasteiger partial charge in [-0.1, -0.05) is 18.2 Å². The number of hydrogen-bond donors (Lipinski definition) is 0. The fraction of sp³-hybridized carbons (Fsp3) is 0.440. The van der Waals surface area contributed by atoms with Gasteiger partial charge in [0.2, 0.25) is 0 Å². The Morgan fingerprint density at radius 3 is 2.73 bits per heavy atom. The highest BCUT2D eigenvalue weighted by atomic mass is 19.1. The SMILES string of the molecule is CN1CCOc2ccccc2CCCCC2(CN(C(=O)c3cc(F)ccc3F)CCO2)C1=O. The average Bonchev–Trinajstić information content (AvgIpc) is 2.82. The highest BCUT2D eigenvalue weighted by Crippen LogP contribution is 2.30. The predicted octanol–water partition coefficient (Wildman–Crippen LogP) is 3.44. The molecule has 176 valence electrons. The maximum absolute atomic E-state index is 14.2. The number of likely N-dealkylation sites (N-methyl/N-ethyl adjacent to an activating group) is 1. The first kappa shape index (κ1) is 23.2. The number of carbonyl (C=O) groups excluding carboxylic acids is 2. The summed E-state index contributed by atoms with van der Waals surface area (Å²) >= 11 is 0. The Morgan fingerprint density at radius 2 is 1.88 bits per heavy atom. The minimum atomic E-state index is -1.23. The Bertz CT molecular complexity index is 1030. The van der Waals surface area contributed by atoms with Crippen molar-refractivity contribution >= 4 is 11.8 Å². The highest BCUT2D eigenvalue weighted by molar-refractivity contribution is 5.95. The summed E-state index contributed by atoms with van der Waals surface area (Å²) in [4.78, 5) is 29.5. The standard InChI is InChI=1S/C25H28F2N2O4/c1-28-12-14-32-22-8-3-2-6-18(22)7-4-5-11-25(24(28)31)17-29(13-15-33-25)23(30)20-16-19(26)9-10-21(20)27/h2-3,6,8-10,16H,4-5,7,11-15,17H2,1H3. The van der Waals surface area contributed by atoms with Gasteiger partial charge in [-0.25, -0.2) is 8.78 Å². The van der Waals surface area contributed by atoms with E-state index in [9.17, 15) is 18.4 Å². The van der Waals surface area contributed by atoms with Gasteiger partial charge >= 0.3 is 0 Å². The van der Waals surface area contributed by atoms with Crippen molar-refractivity contribution in [3.05, 3.63) is 65.2 Å². The summed E-state index contributed by atoms with van der Waals surface area (Å²) in [5.41, 5.74) is -0.458. The van der Waals surface area contributed by atoms with E-state index < -0.39 is 23.1 Å². The number of ether oxygens (including phenoxy) is 2. The zero-order chi connectivity index (χ0) is 23.4. The van der Waals surface area contributed by atoms with Crippen LogP contribution in [0.4, 0.5) is 8.78 Å². The van der Waals surface area contributed by atoms with E-state index in [2.05, 4.69) is 0 Å². The van der Waals surface area contributed by atoms with Crippen molar-refractivity contribution in [3.8, 4) is 5.75 Å². The molecule has 2 heterocycles. The molecule has 8 heteroatoms. The van der Waals surface area contributed by atoms with Crippen LogP contribution in [-0.4, -0.2) is 67.1 Å². The minimum absolute atomic E-state index is 0.0115. The van der Waals surface area contributed by atoms with Crippen molar-refractivity contribution in [1.29, 1.82) is 0 Å². The summed E-state index contributed by atoms with van der Waals surface area (Å²) in [6.45, 7) is 1.01. The summed E-state index contributed by atoms with van der Waals surface area (Å²) in [6, 6.07) is 10.7. The van der Waals surface area contributed by atoms with Crippen LogP contribution < -0.4 is 4.74 Å². The number of hydrogen-bond acceptors (Lipinski definition) is 4. The summed E-state index contributed by atoms with van der Waals surface area (Å²) in [5.74, 6) is -1.54. The number of morpholine rings is 1. The molecule has 2 aliphatic heterocycles. The van der Waals surface area contributed by atoms with Gasteiger partial charge in [-0.2, -0.15) is 0 Å². The van der Waals surface area contributed by atoms with Gasteiger partial charge in [-0.15, -0.1) is 0 Å². The number of rotatable bonds is 1.